The number of benzene rings is 1. The fraction of sp³-hybridized carbons (Fsp3) is 0.200. The number of carbonyl (C=O) groups is 1. The minimum atomic E-state index is -5.08. The quantitative estimate of drug-likeness (QED) is 0.780. The van der Waals surface area contributed by atoms with E-state index in [1.54, 1.807) is 12.1 Å². The first kappa shape index (κ1) is 14.9. The lowest BCUT2D eigenvalue weighted by molar-refractivity contribution is -0.192. The molecule has 9 heteroatoms. The molecule has 0 aliphatic rings. The fourth-order valence-electron chi connectivity index (χ4n) is 1.05. The number of alkyl halides is 3. The predicted molar refractivity (Wildman–Crippen MR) is 55.5 cm³/mol. The summed E-state index contributed by atoms with van der Waals surface area (Å²) < 4.78 is 49.8. The second-order valence-electron chi connectivity index (χ2n) is 3.20. The maximum Gasteiger partial charge on any atom is 0.490 e. The van der Waals surface area contributed by atoms with Crippen molar-refractivity contribution in [1.29, 1.82) is 0 Å². The smallest absolute Gasteiger partial charge is 0.475 e. The summed E-state index contributed by atoms with van der Waals surface area (Å²) in [6, 6.07) is 4.57. The lowest BCUT2D eigenvalue weighted by Crippen LogP contribution is -2.21. The Morgan fingerprint density at radius 2 is 2.00 bits per heavy atom. The van der Waals surface area contributed by atoms with E-state index in [1.165, 1.54) is 6.07 Å². The molecule has 2 rings (SSSR count). The number of aromatic nitrogens is 1. The van der Waals surface area contributed by atoms with Crippen molar-refractivity contribution in [1.82, 2.24) is 4.98 Å². The van der Waals surface area contributed by atoms with E-state index in [0.29, 0.717) is 11.5 Å². The highest BCUT2D eigenvalue weighted by Gasteiger charge is 2.38. The molecule has 1 heterocycles. The van der Waals surface area contributed by atoms with Crippen LogP contribution in [0.15, 0.2) is 22.6 Å². The summed E-state index contributed by atoms with van der Waals surface area (Å²) in [5, 5.41) is 7.12. The monoisotopic (exact) mass is 280 g/mol. The Kier molecular flexibility index (Phi) is 4.43. The molecule has 0 fully saturated rings. The summed E-state index contributed by atoms with van der Waals surface area (Å²) in [5.74, 6) is -2.78. The molecule has 19 heavy (non-hydrogen) atoms. The molecule has 0 aliphatic heterocycles. The van der Waals surface area contributed by atoms with E-state index >= 15 is 0 Å². The van der Waals surface area contributed by atoms with Gasteiger partial charge in [0.15, 0.2) is 11.4 Å². The zero-order valence-electron chi connectivity index (χ0n) is 9.24. The molecule has 3 N–H and O–H groups in total. The molecule has 2 aromatic rings. The Bertz CT molecular complexity index is 580. The third kappa shape index (κ3) is 3.91. The van der Waals surface area contributed by atoms with Gasteiger partial charge in [-0.3, -0.25) is 0 Å². The van der Waals surface area contributed by atoms with Crippen LogP contribution in [0.3, 0.4) is 0 Å². The first-order valence-corrected chi connectivity index (χ1v) is 4.79. The van der Waals surface area contributed by atoms with Gasteiger partial charge in [0, 0.05) is 0 Å². The van der Waals surface area contributed by atoms with Crippen LogP contribution >= 0.6 is 0 Å². The van der Waals surface area contributed by atoms with Crippen LogP contribution in [-0.4, -0.2) is 22.2 Å². The van der Waals surface area contributed by atoms with Gasteiger partial charge in [-0.2, -0.15) is 13.2 Å². The van der Waals surface area contributed by atoms with E-state index in [9.17, 15) is 17.6 Å². The summed E-state index contributed by atoms with van der Waals surface area (Å²) in [6.07, 6.45) is -5.08. The number of oxazole rings is 1. The van der Waals surface area contributed by atoms with E-state index in [4.69, 9.17) is 20.1 Å². The highest BCUT2D eigenvalue weighted by Crippen LogP contribution is 2.17. The minimum absolute atomic E-state index is 0.189. The van der Waals surface area contributed by atoms with Crippen molar-refractivity contribution in [2.45, 2.75) is 12.7 Å². The standard InChI is InChI=1S/C8H7FN2O.C2HF3O2/c9-5-2-1-3-6-8(5)11-7(4-10)12-6;3-2(4,5)1(6)7/h1-3H,4,10H2;(H,6,7). The zero-order valence-corrected chi connectivity index (χ0v) is 9.24. The highest BCUT2D eigenvalue weighted by molar-refractivity contribution is 5.73. The Balaban J connectivity index is 0.000000224. The number of carboxylic acids is 1. The molecule has 1 aromatic heterocycles. The molecule has 0 atom stereocenters. The van der Waals surface area contributed by atoms with Crippen LogP contribution in [0.4, 0.5) is 17.6 Å². The van der Waals surface area contributed by atoms with Crippen LogP contribution in [-0.2, 0) is 11.3 Å². The van der Waals surface area contributed by atoms with Gasteiger partial charge in [-0.1, -0.05) is 6.07 Å². The largest absolute Gasteiger partial charge is 0.490 e. The second-order valence-corrected chi connectivity index (χ2v) is 3.20. The van der Waals surface area contributed by atoms with Crippen molar-refractivity contribution in [3.63, 3.8) is 0 Å². The summed E-state index contributed by atoms with van der Waals surface area (Å²) in [4.78, 5) is 12.8. The number of carboxylic acid groups (broad SMARTS) is 1. The Labute approximate surface area is 103 Å². The molecule has 104 valence electrons. The maximum absolute atomic E-state index is 13.0. The molecule has 1 aromatic carbocycles. The first-order valence-electron chi connectivity index (χ1n) is 4.79. The number of nitrogens with two attached hydrogens (primary N) is 1. The number of aliphatic carboxylic acids is 1. The summed E-state index contributed by atoms with van der Waals surface area (Å²) in [5.41, 5.74) is 5.97. The predicted octanol–water partition coefficient (Wildman–Crippen LogP) is 2.06. The van der Waals surface area contributed by atoms with Crippen molar-refractivity contribution in [3.8, 4) is 0 Å². The fourth-order valence-corrected chi connectivity index (χ4v) is 1.05. The summed E-state index contributed by atoms with van der Waals surface area (Å²) >= 11 is 0. The van der Waals surface area contributed by atoms with Gasteiger partial charge in [0.05, 0.1) is 6.54 Å². The maximum atomic E-state index is 13.0. The molecule has 0 unspecified atom stereocenters. The highest BCUT2D eigenvalue weighted by atomic mass is 19.4. The molecule has 0 bridgehead atoms. The van der Waals surface area contributed by atoms with Crippen molar-refractivity contribution in [2.75, 3.05) is 0 Å². The van der Waals surface area contributed by atoms with Gasteiger partial charge >= 0.3 is 12.1 Å². The van der Waals surface area contributed by atoms with Gasteiger partial charge in [0.2, 0.25) is 5.89 Å². The normalized spacial score (nSPS) is 11.0. The number of rotatable bonds is 1. The number of fused-ring (bicyclic) bond motifs is 1. The van der Waals surface area contributed by atoms with Crippen LogP contribution in [0.5, 0.6) is 0 Å². The SMILES string of the molecule is NCc1nc2c(F)cccc2o1.O=C(O)C(F)(F)F. The number of para-hydroxylation sites is 1. The Morgan fingerprint density at radius 1 is 1.42 bits per heavy atom. The van der Waals surface area contributed by atoms with Crippen LogP contribution in [0, 0.1) is 5.82 Å². The molecular weight excluding hydrogens is 272 g/mol. The Morgan fingerprint density at radius 3 is 2.42 bits per heavy atom. The number of nitrogens with zero attached hydrogens (tertiary/aromatic N) is 1. The lowest BCUT2D eigenvalue weighted by Gasteiger charge is -1.93. The van der Waals surface area contributed by atoms with Gasteiger partial charge in [0.25, 0.3) is 0 Å². The average molecular weight is 280 g/mol. The zero-order chi connectivity index (χ0) is 14.6. The van der Waals surface area contributed by atoms with E-state index in [1.807, 2.05) is 0 Å². The molecule has 0 spiro atoms. The Hall–Kier alpha value is -2.16. The summed E-state index contributed by atoms with van der Waals surface area (Å²) in [6.45, 7) is 0.189. The number of halogens is 4. The summed E-state index contributed by atoms with van der Waals surface area (Å²) in [7, 11) is 0. The lowest BCUT2D eigenvalue weighted by atomic mass is 10.3. The number of hydrogen-bond acceptors (Lipinski definition) is 4. The van der Waals surface area contributed by atoms with E-state index < -0.39 is 12.1 Å². The third-order valence-corrected chi connectivity index (χ3v) is 1.83. The van der Waals surface area contributed by atoms with Crippen LogP contribution in [0.1, 0.15) is 5.89 Å². The minimum Gasteiger partial charge on any atom is -0.475 e. The van der Waals surface area contributed by atoms with Gasteiger partial charge in [-0.15, -0.1) is 0 Å². The molecule has 5 nitrogen and oxygen atoms in total. The second kappa shape index (κ2) is 5.65. The van der Waals surface area contributed by atoms with Gasteiger partial charge in [0.1, 0.15) is 5.52 Å². The van der Waals surface area contributed by atoms with Crippen LogP contribution < -0.4 is 5.73 Å². The van der Waals surface area contributed by atoms with Crippen LogP contribution in [0.2, 0.25) is 0 Å². The molecule has 0 saturated carbocycles. The topological polar surface area (TPSA) is 89.4 Å². The van der Waals surface area contributed by atoms with E-state index in [2.05, 4.69) is 4.98 Å². The number of hydrogen-bond donors (Lipinski definition) is 2. The van der Waals surface area contributed by atoms with Crippen molar-refractivity contribution in [3.05, 3.63) is 29.9 Å². The van der Waals surface area contributed by atoms with Crippen molar-refractivity contribution >= 4 is 17.1 Å². The van der Waals surface area contributed by atoms with Crippen LogP contribution in [0.25, 0.3) is 11.1 Å². The molecular formula is C10H8F4N2O3. The molecule has 0 radical (unpaired) electrons. The average Bonchev–Trinajstić information content (AvgIpc) is 2.73. The van der Waals surface area contributed by atoms with Crippen molar-refractivity contribution in [2.24, 2.45) is 5.73 Å². The molecule has 0 amide bonds. The first-order chi connectivity index (χ1) is 8.75. The van der Waals surface area contributed by atoms with E-state index in [-0.39, 0.29) is 17.9 Å². The molecule has 0 aliphatic carbocycles. The van der Waals surface area contributed by atoms with E-state index in [0.717, 1.165) is 0 Å². The van der Waals surface area contributed by atoms with Gasteiger partial charge in [-0.25, -0.2) is 14.2 Å². The van der Waals surface area contributed by atoms with Crippen molar-refractivity contribution < 1.29 is 31.9 Å². The third-order valence-electron chi connectivity index (χ3n) is 1.83. The van der Waals surface area contributed by atoms with Gasteiger partial charge in [-0.05, 0) is 12.1 Å². The van der Waals surface area contributed by atoms with Gasteiger partial charge < -0.3 is 15.3 Å². The molecule has 0 saturated heterocycles.